The monoisotopic (exact) mass is 340 g/mol. The molecule has 24 heavy (non-hydrogen) atoms. The molecule has 0 spiro atoms. The van der Waals surface area contributed by atoms with Crippen LogP contribution in [-0.4, -0.2) is 11.8 Å². The van der Waals surface area contributed by atoms with Gasteiger partial charge in [0.05, 0.1) is 5.41 Å². The van der Waals surface area contributed by atoms with Gasteiger partial charge < -0.3 is 11.5 Å². The van der Waals surface area contributed by atoms with Gasteiger partial charge in [0.15, 0.2) is 0 Å². The van der Waals surface area contributed by atoms with Crippen molar-refractivity contribution < 1.29 is 9.59 Å². The maximum Gasteiger partial charge on any atom is 0.224 e. The van der Waals surface area contributed by atoms with Crippen LogP contribution in [0.25, 0.3) is 0 Å². The van der Waals surface area contributed by atoms with E-state index in [1.54, 1.807) is 0 Å². The van der Waals surface area contributed by atoms with Gasteiger partial charge in [-0.1, -0.05) is 90.9 Å². The predicted octanol–water partition coefficient (Wildman–Crippen LogP) is 4.83. The normalized spacial score (nSPS) is 11.6. The first-order chi connectivity index (χ1) is 11.5. The molecule has 0 aliphatic carbocycles. The fourth-order valence-electron chi connectivity index (χ4n) is 3.46. The molecule has 2 amide bonds. The second-order valence-electron chi connectivity index (χ2n) is 7.32. The molecule has 0 aromatic rings. The van der Waals surface area contributed by atoms with Crippen LogP contribution in [0, 0.1) is 5.41 Å². The largest absolute Gasteiger partial charge is 0.370 e. The lowest BCUT2D eigenvalue weighted by Crippen LogP contribution is -2.40. The number of nitrogens with two attached hydrogens (primary N) is 2. The van der Waals surface area contributed by atoms with Gasteiger partial charge in [0.1, 0.15) is 0 Å². The molecule has 0 heterocycles. The number of carbonyl (C=O) groups is 2. The van der Waals surface area contributed by atoms with Gasteiger partial charge in [0, 0.05) is 6.42 Å². The Labute approximate surface area is 149 Å². The summed E-state index contributed by atoms with van der Waals surface area (Å²) in [7, 11) is 0. The van der Waals surface area contributed by atoms with Crippen molar-refractivity contribution in [3.05, 3.63) is 0 Å². The molecule has 0 saturated carbocycles. The van der Waals surface area contributed by atoms with Crippen molar-refractivity contribution in [1.82, 2.24) is 0 Å². The number of rotatable bonds is 17. The molecule has 0 radical (unpaired) electrons. The molecule has 0 fully saturated rings. The predicted molar refractivity (Wildman–Crippen MR) is 101 cm³/mol. The van der Waals surface area contributed by atoms with E-state index in [4.69, 9.17) is 11.5 Å². The highest BCUT2D eigenvalue weighted by Gasteiger charge is 2.37. The zero-order valence-corrected chi connectivity index (χ0v) is 16.1. The van der Waals surface area contributed by atoms with Crippen molar-refractivity contribution in [3.8, 4) is 0 Å². The van der Waals surface area contributed by atoms with Crippen LogP contribution in [-0.2, 0) is 9.59 Å². The van der Waals surface area contributed by atoms with E-state index >= 15 is 0 Å². The second kappa shape index (κ2) is 14.3. The van der Waals surface area contributed by atoms with E-state index in [0.717, 1.165) is 25.7 Å². The summed E-state index contributed by atoms with van der Waals surface area (Å²) in [6.45, 7) is 4.40. The number of primary amides is 2. The summed E-state index contributed by atoms with van der Waals surface area (Å²) < 4.78 is 0. The lowest BCUT2D eigenvalue weighted by molar-refractivity contribution is -0.134. The van der Waals surface area contributed by atoms with Crippen molar-refractivity contribution in [1.29, 1.82) is 0 Å². The van der Waals surface area contributed by atoms with Crippen LogP contribution in [0.4, 0.5) is 0 Å². The molecule has 142 valence electrons. The molecule has 0 rings (SSSR count). The van der Waals surface area contributed by atoms with Crippen molar-refractivity contribution in [2.75, 3.05) is 0 Å². The third-order valence-electron chi connectivity index (χ3n) is 5.05. The van der Waals surface area contributed by atoms with Crippen molar-refractivity contribution >= 4 is 11.8 Å². The maximum atomic E-state index is 12.1. The molecule has 4 nitrogen and oxygen atoms in total. The topological polar surface area (TPSA) is 86.2 Å². The molecule has 0 saturated heterocycles. The lowest BCUT2D eigenvalue weighted by atomic mass is 9.74. The first-order valence-corrected chi connectivity index (χ1v) is 10.1. The molecule has 4 N–H and O–H groups in total. The molecular formula is C20H40N2O2. The minimum absolute atomic E-state index is 0.103. The van der Waals surface area contributed by atoms with Crippen LogP contribution < -0.4 is 11.5 Å². The van der Waals surface area contributed by atoms with E-state index in [2.05, 4.69) is 13.8 Å². The number of unbranched alkanes of at least 4 members (excludes halogenated alkanes) is 10. The van der Waals surface area contributed by atoms with Gasteiger partial charge >= 0.3 is 0 Å². The van der Waals surface area contributed by atoms with Crippen LogP contribution in [0.1, 0.15) is 110 Å². The minimum atomic E-state index is -0.721. The molecule has 0 aliphatic rings. The molecule has 0 aromatic heterocycles. The molecule has 4 heteroatoms. The van der Waals surface area contributed by atoms with Gasteiger partial charge in [0.25, 0.3) is 0 Å². The summed E-state index contributed by atoms with van der Waals surface area (Å²) in [6.07, 6.45) is 15.5. The fourth-order valence-corrected chi connectivity index (χ4v) is 3.46. The molecule has 0 aliphatic heterocycles. The van der Waals surface area contributed by atoms with Gasteiger partial charge in [-0.15, -0.1) is 0 Å². The second-order valence-corrected chi connectivity index (χ2v) is 7.32. The Balaban J connectivity index is 4.41. The molecule has 0 atom stereocenters. The molecule has 0 unspecified atom stereocenters. The summed E-state index contributed by atoms with van der Waals surface area (Å²) in [5.74, 6) is -0.755. The molecule has 0 aromatic carbocycles. The average molecular weight is 341 g/mol. The standard InChI is InChI=1S/C20H40N2O2/c1-3-5-7-9-11-13-15-20(19(22)24,17-18(21)23)16-14-12-10-8-6-4-2/h3-17H2,1-2H3,(H2,21,23)(H2,22,24). The van der Waals surface area contributed by atoms with E-state index < -0.39 is 11.3 Å². The Morgan fingerprint density at radius 3 is 1.38 bits per heavy atom. The number of hydrogen-bond acceptors (Lipinski definition) is 2. The van der Waals surface area contributed by atoms with Crippen molar-refractivity contribution in [3.63, 3.8) is 0 Å². The fraction of sp³-hybridized carbons (Fsp3) is 0.900. The smallest absolute Gasteiger partial charge is 0.224 e. The van der Waals surface area contributed by atoms with E-state index in [1.807, 2.05) is 0 Å². The first kappa shape index (κ1) is 22.9. The molecule has 0 bridgehead atoms. The highest BCUT2D eigenvalue weighted by molar-refractivity contribution is 5.87. The van der Waals surface area contributed by atoms with Gasteiger partial charge in [-0.25, -0.2) is 0 Å². The van der Waals surface area contributed by atoms with Crippen LogP contribution in [0.3, 0.4) is 0 Å². The van der Waals surface area contributed by atoms with Gasteiger partial charge in [-0.05, 0) is 12.8 Å². The minimum Gasteiger partial charge on any atom is -0.370 e. The Bertz CT molecular complexity index is 327. The van der Waals surface area contributed by atoms with Crippen LogP contribution in [0.15, 0.2) is 0 Å². The summed E-state index contributed by atoms with van der Waals surface area (Å²) >= 11 is 0. The van der Waals surface area contributed by atoms with Crippen molar-refractivity contribution in [2.45, 2.75) is 110 Å². The summed E-state index contributed by atoms with van der Waals surface area (Å²) in [6, 6.07) is 0. The Morgan fingerprint density at radius 1 is 0.667 bits per heavy atom. The maximum absolute atomic E-state index is 12.1. The van der Waals surface area contributed by atoms with Crippen LogP contribution in [0.2, 0.25) is 0 Å². The zero-order valence-electron chi connectivity index (χ0n) is 16.1. The Kier molecular flexibility index (Phi) is 13.7. The van der Waals surface area contributed by atoms with Crippen molar-refractivity contribution in [2.24, 2.45) is 16.9 Å². The number of hydrogen-bond donors (Lipinski definition) is 2. The first-order valence-electron chi connectivity index (χ1n) is 10.1. The van der Waals surface area contributed by atoms with Crippen LogP contribution in [0.5, 0.6) is 0 Å². The molecular weight excluding hydrogens is 300 g/mol. The third-order valence-corrected chi connectivity index (χ3v) is 5.05. The van der Waals surface area contributed by atoms with E-state index in [0.29, 0.717) is 12.8 Å². The highest BCUT2D eigenvalue weighted by atomic mass is 16.2. The van der Waals surface area contributed by atoms with E-state index in [-0.39, 0.29) is 12.3 Å². The van der Waals surface area contributed by atoms with E-state index in [9.17, 15) is 9.59 Å². The van der Waals surface area contributed by atoms with E-state index in [1.165, 1.54) is 51.4 Å². The lowest BCUT2D eigenvalue weighted by Gasteiger charge is -2.29. The van der Waals surface area contributed by atoms with Crippen LogP contribution >= 0.6 is 0 Å². The zero-order chi connectivity index (χ0) is 18.3. The number of carbonyl (C=O) groups excluding carboxylic acids is 2. The highest BCUT2D eigenvalue weighted by Crippen LogP contribution is 2.35. The Morgan fingerprint density at radius 2 is 1.04 bits per heavy atom. The average Bonchev–Trinajstić information content (AvgIpc) is 2.53. The van der Waals surface area contributed by atoms with Gasteiger partial charge in [-0.3, -0.25) is 9.59 Å². The third kappa shape index (κ3) is 10.7. The summed E-state index contributed by atoms with van der Waals surface area (Å²) in [4.78, 5) is 23.6. The summed E-state index contributed by atoms with van der Waals surface area (Å²) in [5.41, 5.74) is 10.4. The number of amides is 2. The summed E-state index contributed by atoms with van der Waals surface area (Å²) in [5, 5.41) is 0. The van der Waals surface area contributed by atoms with Gasteiger partial charge in [-0.2, -0.15) is 0 Å². The Hall–Kier alpha value is -1.06. The van der Waals surface area contributed by atoms with Gasteiger partial charge in [0.2, 0.25) is 11.8 Å². The SMILES string of the molecule is CCCCCCCCC(CCCCCCCC)(CC(N)=O)C(N)=O. The quantitative estimate of drug-likeness (QED) is 0.371.